The van der Waals surface area contributed by atoms with Crippen molar-refractivity contribution in [2.45, 2.75) is 25.4 Å². The van der Waals surface area contributed by atoms with Crippen LogP contribution in [0, 0.1) is 0 Å². The third-order valence-corrected chi connectivity index (χ3v) is 3.16. The van der Waals surface area contributed by atoms with Gasteiger partial charge < -0.3 is 11.5 Å². The van der Waals surface area contributed by atoms with Gasteiger partial charge in [0.1, 0.15) is 0 Å². The molecule has 1 aromatic carbocycles. The highest BCUT2D eigenvalue weighted by Crippen LogP contribution is 2.17. The van der Waals surface area contributed by atoms with Gasteiger partial charge in [-0.2, -0.15) is 0 Å². The molecule has 0 aromatic heterocycles. The Balaban J connectivity index is 2.27. The standard InChI is InChI=1S/C13H15N3O3/c14-10-5-6-11(17)16(13(10)19)7-8-3-1-2-4-9(8)12(15)18/h1-4,10H,5-7,14H2,(H2,15,18). The van der Waals surface area contributed by atoms with Crippen molar-refractivity contribution in [2.24, 2.45) is 11.5 Å². The fourth-order valence-electron chi connectivity index (χ4n) is 2.10. The van der Waals surface area contributed by atoms with Gasteiger partial charge in [0.25, 0.3) is 0 Å². The second-order valence-corrected chi connectivity index (χ2v) is 4.48. The predicted molar refractivity (Wildman–Crippen MR) is 67.7 cm³/mol. The van der Waals surface area contributed by atoms with E-state index in [1.807, 2.05) is 0 Å². The van der Waals surface area contributed by atoms with Gasteiger partial charge in [0.2, 0.25) is 17.7 Å². The lowest BCUT2D eigenvalue weighted by Gasteiger charge is -2.29. The number of benzene rings is 1. The van der Waals surface area contributed by atoms with Crippen LogP contribution < -0.4 is 11.5 Å². The van der Waals surface area contributed by atoms with Gasteiger partial charge >= 0.3 is 0 Å². The fourth-order valence-corrected chi connectivity index (χ4v) is 2.10. The molecule has 0 saturated carbocycles. The highest BCUT2D eigenvalue weighted by atomic mass is 16.2. The minimum Gasteiger partial charge on any atom is -0.366 e. The molecular weight excluding hydrogens is 246 g/mol. The van der Waals surface area contributed by atoms with Crippen LogP contribution in [-0.2, 0) is 16.1 Å². The van der Waals surface area contributed by atoms with Crippen molar-refractivity contribution < 1.29 is 14.4 Å². The smallest absolute Gasteiger partial charge is 0.249 e. The monoisotopic (exact) mass is 261 g/mol. The second-order valence-electron chi connectivity index (χ2n) is 4.48. The van der Waals surface area contributed by atoms with Gasteiger partial charge in [-0.3, -0.25) is 19.3 Å². The molecular formula is C13H15N3O3. The highest BCUT2D eigenvalue weighted by Gasteiger charge is 2.32. The Morgan fingerprint density at radius 2 is 2.00 bits per heavy atom. The van der Waals surface area contributed by atoms with E-state index in [1.54, 1.807) is 24.3 Å². The molecule has 1 aliphatic heterocycles. The van der Waals surface area contributed by atoms with Crippen molar-refractivity contribution in [1.82, 2.24) is 4.90 Å². The minimum atomic E-state index is -0.654. The Labute approximate surface area is 110 Å². The van der Waals surface area contributed by atoms with Crippen LogP contribution in [0.5, 0.6) is 0 Å². The molecule has 1 atom stereocenters. The summed E-state index contributed by atoms with van der Waals surface area (Å²) in [4.78, 5) is 36.0. The number of carbonyl (C=O) groups is 3. The van der Waals surface area contributed by atoms with Gasteiger partial charge in [-0.1, -0.05) is 18.2 Å². The van der Waals surface area contributed by atoms with E-state index >= 15 is 0 Å². The van der Waals surface area contributed by atoms with Gasteiger partial charge in [0, 0.05) is 12.0 Å². The third-order valence-electron chi connectivity index (χ3n) is 3.16. The Bertz CT molecular complexity index is 542. The summed E-state index contributed by atoms with van der Waals surface area (Å²) in [6.45, 7) is 0.0322. The maximum atomic E-state index is 11.9. The zero-order valence-electron chi connectivity index (χ0n) is 10.3. The molecule has 0 spiro atoms. The number of hydrogen-bond donors (Lipinski definition) is 2. The van der Waals surface area contributed by atoms with E-state index in [9.17, 15) is 14.4 Å². The number of amides is 3. The van der Waals surface area contributed by atoms with Crippen LogP contribution in [0.15, 0.2) is 24.3 Å². The van der Waals surface area contributed by atoms with Crippen LogP contribution in [-0.4, -0.2) is 28.7 Å². The van der Waals surface area contributed by atoms with Crippen LogP contribution in [0.25, 0.3) is 0 Å². The lowest BCUT2D eigenvalue weighted by atomic mass is 10.0. The molecule has 1 unspecified atom stereocenters. The van der Waals surface area contributed by atoms with Crippen molar-refractivity contribution >= 4 is 17.7 Å². The van der Waals surface area contributed by atoms with Gasteiger partial charge in [0.15, 0.2) is 0 Å². The summed E-state index contributed by atoms with van der Waals surface area (Å²) in [7, 11) is 0. The topological polar surface area (TPSA) is 106 Å². The normalized spacial score (nSPS) is 19.6. The van der Waals surface area contributed by atoms with Crippen LogP contribution in [0.3, 0.4) is 0 Å². The molecule has 1 fully saturated rings. The summed E-state index contributed by atoms with van der Waals surface area (Å²) in [5.74, 6) is -1.27. The maximum absolute atomic E-state index is 11.9. The minimum absolute atomic E-state index is 0.0322. The van der Waals surface area contributed by atoms with Crippen molar-refractivity contribution in [1.29, 1.82) is 0 Å². The van der Waals surface area contributed by atoms with Crippen molar-refractivity contribution in [3.63, 3.8) is 0 Å². The second kappa shape index (κ2) is 5.19. The zero-order chi connectivity index (χ0) is 14.0. The molecule has 2 rings (SSSR count). The van der Waals surface area contributed by atoms with Crippen molar-refractivity contribution in [2.75, 3.05) is 0 Å². The van der Waals surface area contributed by atoms with Gasteiger partial charge in [-0.25, -0.2) is 0 Å². The first-order valence-electron chi connectivity index (χ1n) is 5.98. The molecule has 4 N–H and O–H groups in total. The van der Waals surface area contributed by atoms with Crippen molar-refractivity contribution in [3.8, 4) is 0 Å². The van der Waals surface area contributed by atoms with E-state index in [2.05, 4.69) is 0 Å². The predicted octanol–water partition coefficient (Wildman–Crippen LogP) is -0.238. The number of carbonyl (C=O) groups excluding carboxylic acids is 3. The van der Waals surface area contributed by atoms with E-state index in [0.29, 0.717) is 17.5 Å². The summed E-state index contributed by atoms with van der Waals surface area (Å²) in [6.07, 6.45) is 0.608. The van der Waals surface area contributed by atoms with E-state index < -0.39 is 17.9 Å². The SMILES string of the molecule is NC(=O)c1ccccc1CN1C(=O)CCC(N)C1=O. The lowest BCUT2D eigenvalue weighted by Crippen LogP contribution is -2.50. The molecule has 100 valence electrons. The summed E-state index contributed by atoms with van der Waals surface area (Å²) in [6, 6.07) is 5.98. The van der Waals surface area contributed by atoms with Crippen LogP contribution >= 0.6 is 0 Å². The molecule has 0 radical (unpaired) electrons. The quantitative estimate of drug-likeness (QED) is 0.732. The first-order chi connectivity index (χ1) is 9.00. The summed E-state index contributed by atoms with van der Waals surface area (Å²) in [5.41, 5.74) is 11.8. The van der Waals surface area contributed by atoms with E-state index in [-0.39, 0.29) is 18.9 Å². The molecule has 1 saturated heterocycles. The zero-order valence-corrected chi connectivity index (χ0v) is 10.3. The molecule has 0 bridgehead atoms. The summed E-state index contributed by atoms with van der Waals surface area (Å²) < 4.78 is 0. The molecule has 1 heterocycles. The molecule has 1 aromatic rings. The first kappa shape index (κ1) is 13.2. The number of nitrogens with two attached hydrogens (primary N) is 2. The fraction of sp³-hybridized carbons (Fsp3) is 0.308. The van der Waals surface area contributed by atoms with Gasteiger partial charge in [0.05, 0.1) is 12.6 Å². The Kier molecular flexibility index (Phi) is 3.62. The van der Waals surface area contributed by atoms with Crippen LogP contribution in [0.1, 0.15) is 28.8 Å². The number of likely N-dealkylation sites (tertiary alicyclic amines) is 1. The average Bonchev–Trinajstić information content (AvgIpc) is 2.39. The van der Waals surface area contributed by atoms with Gasteiger partial charge in [-0.05, 0) is 18.1 Å². The Hall–Kier alpha value is -2.21. The number of primary amides is 1. The lowest BCUT2D eigenvalue weighted by molar-refractivity contribution is -0.149. The van der Waals surface area contributed by atoms with E-state index in [4.69, 9.17) is 11.5 Å². The molecule has 6 nitrogen and oxygen atoms in total. The first-order valence-corrected chi connectivity index (χ1v) is 5.98. The largest absolute Gasteiger partial charge is 0.366 e. The molecule has 1 aliphatic rings. The number of hydrogen-bond acceptors (Lipinski definition) is 4. The number of piperidine rings is 1. The van der Waals surface area contributed by atoms with Crippen molar-refractivity contribution in [3.05, 3.63) is 35.4 Å². The molecule has 3 amide bonds. The Morgan fingerprint density at radius 1 is 1.32 bits per heavy atom. The number of imide groups is 1. The van der Waals surface area contributed by atoms with Crippen LogP contribution in [0.2, 0.25) is 0 Å². The Morgan fingerprint density at radius 3 is 2.68 bits per heavy atom. The summed E-state index contributed by atoms with van der Waals surface area (Å²) >= 11 is 0. The number of nitrogens with zero attached hydrogens (tertiary/aromatic N) is 1. The summed E-state index contributed by atoms with van der Waals surface area (Å²) in [5, 5.41) is 0. The average molecular weight is 261 g/mol. The van der Waals surface area contributed by atoms with E-state index in [1.165, 1.54) is 0 Å². The molecule has 19 heavy (non-hydrogen) atoms. The third kappa shape index (κ3) is 2.63. The van der Waals surface area contributed by atoms with Crippen LogP contribution in [0.4, 0.5) is 0 Å². The number of rotatable bonds is 3. The van der Waals surface area contributed by atoms with E-state index in [0.717, 1.165) is 4.90 Å². The van der Waals surface area contributed by atoms with Gasteiger partial charge in [-0.15, -0.1) is 0 Å². The maximum Gasteiger partial charge on any atom is 0.249 e. The highest BCUT2D eigenvalue weighted by molar-refractivity contribution is 6.00. The molecule has 6 heteroatoms. The molecule has 0 aliphatic carbocycles.